The normalized spacial score (nSPS) is 15.8. The molecular weight excluding hydrogens is 326 g/mol. The third-order valence-corrected chi connectivity index (χ3v) is 4.63. The average Bonchev–Trinajstić information content (AvgIpc) is 2.92. The van der Waals surface area contributed by atoms with Gasteiger partial charge in [-0.05, 0) is 51.1 Å². The Kier molecular flexibility index (Phi) is 5.38. The molecule has 1 N–H and O–H groups in total. The van der Waals surface area contributed by atoms with Crippen molar-refractivity contribution in [2.24, 2.45) is 0 Å². The first-order valence-electron chi connectivity index (χ1n) is 8.89. The summed E-state index contributed by atoms with van der Waals surface area (Å²) in [5.41, 5.74) is 4.10. The summed E-state index contributed by atoms with van der Waals surface area (Å²) in [5.74, 6) is -0.105. The number of anilines is 2. The third kappa shape index (κ3) is 4.11. The zero-order chi connectivity index (χ0) is 18.7. The summed E-state index contributed by atoms with van der Waals surface area (Å²) < 4.78 is 0. The second-order valence-corrected chi connectivity index (χ2v) is 7.03. The zero-order valence-corrected chi connectivity index (χ0v) is 15.5. The summed E-state index contributed by atoms with van der Waals surface area (Å²) in [5, 5.41) is 2.86. The van der Waals surface area contributed by atoms with Crippen LogP contribution in [-0.4, -0.2) is 42.9 Å². The Hall–Kier alpha value is -2.66. The number of hydrogen-bond acceptors (Lipinski definition) is 3. The lowest BCUT2D eigenvalue weighted by atomic mass is 10.1. The van der Waals surface area contributed by atoms with Gasteiger partial charge in [-0.25, -0.2) is 0 Å². The van der Waals surface area contributed by atoms with Crippen molar-refractivity contribution in [2.75, 3.05) is 30.4 Å². The van der Waals surface area contributed by atoms with Crippen LogP contribution < -0.4 is 10.2 Å². The molecule has 0 saturated heterocycles. The number of carbonyl (C=O) groups is 2. The standard InChI is InChI=1S/C21H25N3O2/c1-15-8-10-18(11-9-15)22-20(25)13-23(3)14-21(26)24-16(2)12-17-6-4-5-7-19(17)24/h4-11,16H,12-14H2,1-3H3,(H,22,25)/t16-/m0/s1. The summed E-state index contributed by atoms with van der Waals surface area (Å²) in [6, 6.07) is 15.8. The number of rotatable bonds is 5. The Bertz CT molecular complexity index is 801. The van der Waals surface area contributed by atoms with Crippen LogP contribution in [0.2, 0.25) is 0 Å². The largest absolute Gasteiger partial charge is 0.325 e. The van der Waals surface area contributed by atoms with Crippen LogP contribution in [0.5, 0.6) is 0 Å². The molecule has 2 aromatic rings. The molecule has 1 aliphatic rings. The van der Waals surface area contributed by atoms with E-state index in [1.165, 1.54) is 5.56 Å². The Morgan fingerprint density at radius 2 is 1.81 bits per heavy atom. The van der Waals surface area contributed by atoms with E-state index in [0.717, 1.165) is 23.4 Å². The Balaban J connectivity index is 1.56. The lowest BCUT2D eigenvalue weighted by molar-refractivity contribution is -0.121. The van der Waals surface area contributed by atoms with Gasteiger partial charge in [-0.15, -0.1) is 0 Å². The number of para-hydroxylation sites is 1. The summed E-state index contributed by atoms with van der Waals surface area (Å²) in [4.78, 5) is 28.6. The van der Waals surface area contributed by atoms with Crippen molar-refractivity contribution >= 4 is 23.2 Å². The molecule has 5 heteroatoms. The van der Waals surface area contributed by atoms with E-state index in [9.17, 15) is 9.59 Å². The number of aryl methyl sites for hydroxylation is 1. The molecule has 26 heavy (non-hydrogen) atoms. The van der Waals surface area contributed by atoms with Crippen LogP contribution in [0, 0.1) is 6.92 Å². The summed E-state index contributed by atoms with van der Waals surface area (Å²) in [6.07, 6.45) is 0.875. The fourth-order valence-corrected chi connectivity index (χ4v) is 3.39. The van der Waals surface area contributed by atoms with Gasteiger partial charge in [0.15, 0.2) is 0 Å². The van der Waals surface area contributed by atoms with Crippen molar-refractivity contribution in [1.82, 2.24) is 4.90 Å². The fourth-order valence-electron chi connectivity index (χ4n) is 3.39. The van der Waals surface area contributed by atoms with Crippen LogP contribution in [-0.2, 0) is 16.0 Å². The number of hydrogen-bond donors (Lipinski definition) is 1. The molecule has 2 amide bonds. The van der Waals surface area contributed by atoms with Crippen LogP contribution in [0.15, 0.2) is 48.5 Å². The van der Waals surface area contributed by atoms with E-state index in [1.54, 1.807) is 11.9 Å². The van der Waals surface area contributed by atoms with Gasteiger partial charge in [-0.2, -0.15) is 0 Å². The van der Waals surface area contributed by atoms with Crippen molar-refractivity contribution in [3.8, 4) is 0 Å². The molecule has 5 nitrogen and oxygen atoms in total. The number of carbonyl (C=O) groups excluding carboxylic acids is 2. The van der Waals surface area contributed by atoms with Gasteiger partial charge in [0.2, 0.25) is 11.8 Å². The van der Waals surface area contributed by atoms with E-state index in [4.69, 9.17) is 0 Å². The zero-order valence-electron chi connectivity index (χ0n) is 15.5. The topological polar surface area (TPSA) is 52.7 Å². The first-order valence-corrected chi connectivity index (χ1v) is 8.89. The highest BCUT2D eigenvalue weighted by atomic mass is 16.2. The van der Waals surface area contributed by atoms with E-state index in [2.05, 4.69) is 18.3 Å². The van der Waals surface area contributed by atoms with Crippen LogP contribution in [0.1, 0.15) is 18.1 Å². The summed E-state index contributed by atoms with van der Waals surface area (Å²) in [6.45, 7) is 4.44. The monoisotopic (exact) mass is 351 g/mol. The third-order valence-electron chi connectivity index (χ3n) is 4.63. The van der Waals surface area contributed by atoms with Gasteiger partial charge in [-0.3, -0.25) is 14.5 Å². The minimum Gasteiger partial charge on any atom is -0.325 e. The molecular formula is C21H25N3O2. The molecule has 0 aliphatic carbocycles. The van der Waals surface area contributed by atoms with Gasteiger partial charge in [0, 0.05) is 17.4 Å². The number of nitrogens with one attached hydrogen (secondary N) is 1. The van der Waals surface area contributed by atoms with Crippen LogP contribution in [0.3, 0.4) is 0 Å². The lowest BCUT2D eigenvalue weighted by Gasteiger charge is -2.25. The number of nitrogens with zero attached hydrogens (tertiary/aromatic N) is 2. The molecule has 1 aliphatic heterocycles. The van der Waals surface area contributed by atoms with Crippen LogP contribution >= 0.6 is 0 Å². The summed E-state index contributed by atoms with van der Waals surface area (Å²) >= 11 is 0. The van der Waals surface area contributed by atoms with Gasteiger partial charge in [0.25, 0.3) is 0 Å². The molecule has 0 radical (unpaired) electrons. The van der Waals surface area contributed by atoms with E-state index >= 15 is 0 Å². The van der Waals surface area contributed by atoms with Gasteiger partial charge in [-0.1, -0.05) is 35.9 Å². The number of likely N-dealkylation sites (N-methyl/N-ethyl adjacent to an activating group) is 1. The van der Waals surface area contributed by atoms with Crippen molar-refractivity contribution in [3.63, 3.8) is 0 Å². The maximum Gasteiger partial charge on any atom is 0.241 e. The molecule has 0 unspecified atom stereocenters. The van der Waals surface area contributed by atoms with E-state index in [0.29, 0.717) is 0 Å². The van der Waals surface area contributed by atoms with Gasteiger partial charge in [0.05, 0.1) is 13.1 Å². The van der Waals surface area contributed by atoms with Crippen molar-refractivity contribution < 1.29 is 9.59 Å². The minimum absolute atomic E-state index is 0.0214. The molecule has 136 valence electrons. The highest BCUT2D eigenvalue weighted by Crippen LogP contribution is 2.31. The highest BCUT2D eigenvalue weighted by molar-refractivity contribution is 5.98. The first kappa shape index (κ1) is 18.1. The summed E-state index contributed by atoms with van der Waals surface area (Å²) in [7, 11) is 1.79. The molecule has 1 atom stereocenters. The average molecular weight is 351 g/mol. The second-order valence-electron chi connectivity index (χ2n) is 7.03. The number of benzene rings is 2. The quantitative estimate of drug-likeness (QED) is 0.901. The molecule has 0 aromatic heterocycles. The van der Waals surface area contributed by atoms with E-state index in [1.807, 2.05) is 54.3 Å². The van der Waals surface area contributed by atoms with Crippen LogP contribution in [0.25, 0.3) is 0 Å². The molecule has 0 bridgehead atoms. The van der Waals surface area contributed by atoms with Gasteiger partial charge < -0.3 is 10.2 Å². The van der Waals surface area contributed by atoms with Crippen molar-refractivity contribution in [1.29, 1.82) is 0 Å². The first-order chi connectivity index (χ1) is 12.4. The smallest absolute Gasteiger partial charge is 0.241 e. The maximum absolute atomic E-state index is 12.8. The Labute approximate surface area is 154 Å². The van der Waals surface area contributed by atoms with Gasteiger partial charge in [0.1, 0.15) is 0 Å². The number of amides is 2. The number of fused-ring (bicyclic) bond motifs is 1. The predicted molar refractivity (Wildman–Crippen MR) is 104 cm³/mol. The SMILES string of the molecule is Cc1ccc(NC(=O)CN(C)CC(=O)N2c3ccccc3C[C@@H]2C)cc1. The lowest BCUT2D eigenvalue weighted by Crippen LogP contribution is -2.43. The van der Waals surface area contributed by atoms with Crippen molar-refractivity contribution in [2.45, 2.75) is 26.3 Å². The Morgan fingerprint density at radius 3 is 2.54 bits per heavy atom. The molecule has 0 saturated carbocycles. The highest BCUT2D eigenvalue weighted by Gasteiger charge is 2.30. The van der Waals surface area contributed by atoms with Gasteiger partial charge >= 0.3 is 0 Å². The molecule has 2 aromatic carbocycles. The van der Waals surface area contributed by atoms with Crippen LogP contribution in [0.4, 0.5) is 11.4 Å². The second kappa shape index (κ2) is 7.70. The van der Waals surface area contributed by atoms with Crippen molar-refractivity contribution in [3.05, 3.63) is 59.7 Å². The molecule has 0 fully saturated rings. The van der Waals surface area contributed by atoms with E-state index in [-0.39, 0.29) is 30.9 Å². The minimum atomic E-state index is -0.126. The molecule has 3 rings (SSSR count). The fraction of sp³-hybridized carbons (Fsp3) is 0.333. The predicted octanol–water partition coefficient (Wildman–Crippen LogP) is 2.84. The maximum atomic E-state index is 12.8. The molecule has 1 heterocycles. The molecule has 0 spiro atoms. The van der Waals surface area contributed by atoms with E-state index < -0.39 is 0 Å². The Morgan fingerprint density at radius 1 is 1.12 bits per heavy atom.